The molecule has 1 atom stereocenters. The van der Waals surface area contributed by atoms with Crippen molar-refractivity contribution >= 4 is 5.69 Å². The maximum Gasteiger partial charge on any atom is 0.250 e. The number of anilines is 1. The first-order valence-electron chi connectivity index (χ1n) is 7.37. The molecule has 0 fully saturated rings. The molecule has 1 N–H and O–H groups in total. The maximum absolute atomic E-state index is 13.9. The van der Waals surface area contributed by atoms with Crippen LogP contribution in [-0.2, 0) is 6.54 Å². The molecule has 0 aliphatic carbocycles. The van der Waals surface area contributed by atoms with E-state index in [9.17, 15) is 9.18 Å². The molecule has 0 aliphatic heterocycles. The van der Waals surface area contributed by atoms with Crippen LogP contribution in [-0.4, -0.2) is 4.57 Å². The van der Waals surface area contributed by atoms with Gasteiger partial charge in [0.25, 0.3) is 5.56 Å². The Labute approximate surface area is 124 Å². The highest BCUT2D eigenvalue weighted by molar-refractivity contribution is 5.43. The molecule has 0 amide bonds. The summed E-state index contributed by atoms with van der Waals surface area (Å²) in [6.07, 6.45) is 3.46. The minimum absolute atomic E-state index is 0.0126. The van der Waals surface area contributed by atoms with E-state index in [1.165, 1.54) is 6.07 Å². The van der Waals surface area contributed by atoms with E-state index in [0.717, 1.165) is 18.5 Å². The number of pyridine rings is 1. The summed E-state index contributed by atoms with van der Waals surface area (Å²) >= 11 is 0. The highest BCUT2D eigenvalue weighted by Gasteiger charge is 2.13. The van der Waals surface area contributed by atoms with E-state index >= 15 is 0 Å². The number of hydrogen-bond donors (Lipinski definition) is 1. The summed E-state index contributed by atoms with van der Waals surface area (Å²) in [7, 11) is 0. The van der Waals surface area contributed by atoms with E-state index in [2.05, 4.69) is 5.32 Å². The van der Waals surface area contributed by atoms with Gasteiger partial charge >= 0.3 is 0 Å². The summed E-state index contributed by atoms with van der Waals surface area (Å²) < 4.78 is 15.6. The van der Waals surface area contributed by atoms with Crippen LogP contribution in [0.2, 0.25) is 0 Å². The van der Waals surface area contributed by atoms with Crippen molar-refractivity contribution in [2.45, 2.75) is 39.3 Å². The Morgan fingerprint density at radius 2 is 1.95 bits per heavy atom. The van der Waals surface area contributed by atoms with E-state index in [4.69, 9.17) is 0 Å². The minimum Gasteiger partial charge on any atom is -0.377 e. The molecule has 1 aromatic heterocycles. The molecule has 1 heterocycles. The zero-order valence-corrected chi connectivity index (χ0v) is 12.5. The summed E-state index contributed by atoms with van der Waals surface area (Å²) in [6, 6.07) is 9.97. The van der Waals surface area contributed by atoms with Crippen LogP contribution in [0.15, 0.2) is 47.4 Å². The fraction of sp³-hybridized carbons (Fsp3) is 0.353. The van der Waals surface area contributed by atoms with Crippen LogP contribution in [0, 0.1) is 5.82 Å². The van der Waals surface area contributed by atoms with Gasteiger partial charge in [0.05, 0.1) is 11.7 Å². The van der Waals surface area contributed by atoms with Crippen LogP contribution in [0.25, 0.3) is 0 Å². The monoisotopic (exact) mass is 288 g/mol. The molecule has 1 unspecified atom stereocenters. The molecule has 0 aliphatic rings. The first kappa shape index (κ1) is 15.3. The molecule has 0 bridgehead atoms. The molecule has 1 aromatic carbocycles. The predicted octanol–water partition coefficient (Wildman–Crippen LogP) is 3.96. The van der Waals surface area contributed by atoms with Gasteiger partial charge in [-0.3, -0.25) is 4.79 Å². The highest BCUT2D eigenvalue weighted by atomic mass is 19.1. The molecular formula is C17H21FN2O. The average molecular weight is 288 g/mol. The van der Waals surface area contributed by atoms with Gasteiger partial charge in [0, 0.05) is 24.4 Å². The number of nitrogens with one attached hydrogen (secondary N) is 1. The fourth-order valence-electron chi connectivity index (χ4n) is 2.39. The van der Waals surface area contributed by atoms with Crippen molar-refractivity contribution in [1.82, 2.24) is 4.57 Å². The van der Waals surface area contributed by atoms with E-state index in [0.29, 0.717) is 12.1 Å². The van der Waals surface area contributed by atoms with Gasteiger partial charge < -0.3 is 9.88 Å². The third-order valence-electron chi connectivity index (χ3n) is 3.48. The van der Waals surface area contributed by atoms with Crippen molar-refractivity contribution in [1.29, 1.82) is 0 Å². The van der Waals surface area contributed by atoms with Crippen molar-refractivity contribution in [3.63, 3.8) is 0 Å². The molecule has 0 radical (unpaired) electrons. The van der Waals surface area contributed by atoms with Gasteiger partial charge in [-0.05, 0) is 25.0 Å². The largest absolute Gasteiger partial charge is 0.377 e. The third kappa shape index (κ3) is 3.72. The average Bonchev–Trinajstić information content (AvgIpc) is 2.49. The molecular weight excluding hydrogens is 267 g/mol. The number of aryl methyl sites for hydroxylation is 1. The van der Waals surface area contributed by atoms with Gasteiger partial charge in [-0.25, -0.2) is 4.39 Å². The van der Waals surface area contributed by atoms with Crippen LogP contribution >= 0.6 is 0 Å². The fourth-order valence-corrected chi connectivity index (χ4v) is 2.39. The van der Waals surface area contributed by atoms with Gasteiger partial charge in [-0.1, -0.05) is 32.0 Å². The summed E-state index contributed by atoms with van der Waals surface area (Å²) in [6.45, 7) is 4.72. The number of hydrogen-bond acceptors (Lipinski definition) is 2. The lowest BCUT2D eigenvalue weighted by molar-refractivity contribution is 0.586. The van der Waals surface area contributed by atoms with Gasteiger partial charge in [-0.15, -0.1) is 0 Å². The molecule has 0 saturated carbocycles. The van der Waals surface area contributed by atoms with Gasteiger partial charge in [0.15, 0.2) is 0 Å². The van der Waals surface area contributed by atoms with Crippen molar-refractivity contribution < 1.29 is 4.39 Å². The molecule has 2 aromatic rings. The Morgan fingerprint density at radius 3 is 2.62 bits per heavy atom. The zero-order chi connectivity index (χ0) is 15.2. The molecule has 2 rings (SSSR count). The first-order chi connectivity index (χ1) is 10.2. The number of halogens is 1. The Bertz CT molecular complexity index is 651. The molecule has 4 heteroatoms. The Kier molecular flexibility index (Phi) is 5.14. The van der Waals surface area contributed by atoms with Crippen molar-refractivity contribution in [3.05, 3.63) is 64.3 Å². The third-order valence-corrected chi connectivity index (χ3v) is 3.48. The number of rotatable bonds is 6. The van der Waals surface area contributed by atoms with E-state index in [1.807, 2.05) is 19.9 Å². The van der Waals surface area contributed by atoms with E-state index in [-0.39, 0.29) is 17.4 Å². The van der Waals surface area contributed by atoms with Gasteiger partial charge in [0.1, 0.15) is 5.82 Å². The molecule has 0 saturated heterocycles. The number of benzene rings is 1. The Morgan fingerprint density at radius 1 is 1.19 bits per heavy atom. The minimum atomic E-state index is -0.210. The maximum atomic E-state index is 13.9. The molecule has 0 spiro atoms. The van der Waals surface area contributed by atoms with Crippen LogP contribution in [0.3, 0.4) is 0 Å². The Balaban J connectivity index is 2.25. The number of aromatic nitrogens is 1. The zero-order valence-electron chi connectivity index (χ0n) is 12.5. The summed E-state index contributed by atoms with van der Waals surface area (Å²) in [5.41, 5.74) is 1.47. The molecule has 21 heavy (non-hydrogen) atoms. The predicted molar refractivity (Wildman–Crippen MR) is 84.0 cm³/mol. The summed E-state index contributed by atoms with van der Waals surface area (Å²) in [4.78, 5) is 11.7. The summed E-state index contributed by atoms with van der Waals surface area (Å²) in [5, 5.41) is 3.31. The lowest BCUT2D eigenvalue weighted by Gasteiger charge is -2.20. The topological polar surface area (TPSA) is 34.0 Å². The second-order valence-electron chi connectivity index (χ2n) is 5.08. The van der Waals surface area contributed by atoms with Crippen molar-refractivity contribution in [2.24, 2.45) is 0 Å². The van der Waals surface area contributed by atoms with Gasteiger partial charge in [-0.2, -0.15) is 0 Å². The van der Waals surface area contributed by atoms with E-state index in [1.54, 1.807) is 35.0 Å². The van der Waals surface area contributed by atoms with Crippen LogP contribution in [0.4, 0.5) is 10.1 Å². The van der Waals surface area contributed by atoms with E-state index < -0.39 is 0 Å². The summed E-state index contributed by atoms with van der Waals surface area (Å²) in [5.74, 6) is -0.210. The molecule has 112 valence electrons. The lowest BCUT2D eigenvalue weighted by atomic mass is 10.0. The highest BCUT2D eigenvalue weighted by Crippen LogP contribution is 2.24. The SMILES string of the molecule is CCCn1cc(NC(CC)c2ccccc2F)ccc1=O. The quantitative estimate of drug-likeness (QED) is 0.873. The van der Waals surface area contributed by atoms with Crippen molar-refractivity contribution in [3.8, 4) is 0 Å². The second-order valence-corrected chi connectivity index (χ2v) is 5.08. The van der Waals surface area contributed by atoms with Crippen LogP contribution in [0.1, 0.15) is 38.3 Å². The standard InChI is InChI=1S/C17H21FN2O/c1-3-11-20-12-13(9-10-17(20)21)19-16(4-2)14-7-5-6-8-15(14)18/h5-10,12,16,19H,3-4,11H2,1-2H3. The smallest absolute Gasteiger partial charge is 0.250 e. The number of nitrogens with zero attached hydrogens (tertiary/aromatic N) is 1. The first-order valence-corrected chi connectivity index (χ1v) is 7.37. The van der Waals surface area contributed by atoms with Crippen molar-refractivity contribution in [2.75, 3.05) is 5.32 Å². The molecule has 3 nitrogen and oxygen atoms in total. The van der Waals surface area contributed by atoms with Crippen LogP contribution in [0.5, 0.6) is 0 Å². The normalized spacial score (nSPS) is 12.1. The lowest BCUT2D eigenvalue weighted by Crippen LogP contribution is -2.20. The van der Waals surface area contributed by atoms with Gasteiger partial charge in [0.2, 0.25) is 0 Å². The second kappa shape index (κ2) is 7.07. The Hall–Kier alpha value is -2.10. The van der Waals surface area contributed by atoms with Crippen LogP contribution < -0.4 is 10.9 Å².